The zero-order valence-corrected chi connectivity index (χ0v) is 19.8. The van der Waals surface area contributed by atoms with Crippen molar-refractivity contribution in [1.82, 2.24) is 15.5 Å². The average Bonchev–Trinajstić information content (AvgIpc) is 2.69. The first-order chi connectivity index (χ1) is 15.0. The average molecular weight is 446 g/mol. The number of aliphatic hydroxyl groups excluding tert-OH is 1. The van der Waals surface area contributed by atoms with E-state index in [1.165, 1.54) is 0 Å². The largest absolute Gasteiger partial charge is 0.444 e. The molecule has 0 bridgehead atoms. The standard InChI is InChI=1S/C24H35N3O5/c1-8-10-14-25-21(29)20(19-16(3)12-11-13-17(19)4)27(9-2)22(30)18(15-28)26-23(31)32-24(5,6)7/h2,11-13,18,20,28H,8,10,14-15H2,1,3-7H3,(H,25,29)(H,26,31). The van der Waals surface area contributed by atoms with Crippen molar-refractivity contribution in [3.8, 4) is 12.5 Å². The molecule has 0 heterocycles. The van der Waals surface area contributed by atoms with Crippen LogP contribution in [-0.2, 0) is 14.3 Å². The number of hydrogen-bond acceptors (Lipinski definition) is 5. The number of hydrogen-bond donors (Lipinski definition) is 3. The third kappa shape index (κ3) is 7.57. The number of carbonyl (C=O) groups is 3. The van der Waals surface area contributed by atoms with Crippen LogP contribution in [0.1, 0.15) is 63.3 Å². The lowest BCUT2D eigenvalue weighted by atomic mass is 9.94. The predicted molar refractivity (Wildman–Crippen MR) is 122 cm³/mol. The number of aryl methyl sites for hydroxylation is 2. The summed E-state index contributed by atoms with van der Waals surface area (Å²) < 4.78 is 5.17. The third-order valence-corrected chi connectivity index (χ3v) is 4.70. The molecule has 0 spiro atoms. The van der Waals surface area contributed by atoms with Crippen LogP contribution in [0.4, 0.5) is 4.79 Å². The van der Waals surface area contributed by atoms with Gasteiger partial charge in [-0.15, -0.1) is 0 Å². The fourth-order valence-corrected chi connectivity index (χ4v) is 3.19. The number of rotatable bonds is 9. The maximum atomic E-state index is 13.3. The van der Waals surface area contributed by atoms with Gasteiger partial charge in [0.2, 0.25) is 5.91 Å². The summed E-state index contributed by atoms with van der Waals surface area (Å²) >= 11 is 0. The summed E-state index contributed by atoms with van der Waals surface area (Å²) in [6.45, 7) is 10.4. The lowest BCUT2D eigenvalue weighted by molar-refractivity contribution is -0.139. The molecule has 1 aromatic carbocycles. The van der Waals surface area contributed by atoms with Crippen LogP contribution in [-0.4, -0.2) is 52.7 Å². The molecule has 0 saturated heterocycles. The Morgan fingerprint density at radius 1 is 1.22 bits per heavy atom. The molecular formula is C24H35N3O5. The molecule has 0 saturated carbocycles. The Kier molecular flexibility index (Phi) is 10.2. The SMILES string of the molecule is C#CN(C(=O)C(CO)NC(=O)OC(C)(C)C)C(C(=O)NCCCC)c1c(C)cccc1C. The van der Waals surface area contributed by atoms with Gasteiger partial charge in [0, 0.05) is 12.6 Å². The Balaban J connectivity index is 3.32. The van der Waals surface area contributed by atoms with Crippen molar-refractivity contribution in [2.45, 2.75) is 72.1 Å². The molecule has 3 N–H and O–H groups in total. The minimum atomic E-state index is -1.38. The van der Waals surface area contributed by atoms with Gasteiger partial charge in [-0.1, -0.05) is 38.0 Å². The molecule has 3 amide bonds. The predicted octanol–water partition coefficient (Wildman–Crippen LogP) is 2.57. The summed E-state index contributed by atoms with van der Waals surface area (Å²) in [5, 5.41) is 14.9. The van der Waals surface area contributed by atoms with E-state index < -0.39 is 42.2 Å². The summed E-state index contributed by atoms with van der Waals surface area (Å²) in [7, 11) is 0. The summed E-state index contributed by atoms with van der Waals surface area (Å²) in [6.07, 6.45) is 6.46. The van der Waals surface area contributed by atoms with E-state index >= 15 is 0 Å². The van der Waals surface area contributed by atoms with E-state index in [0.717, 1.165) is 28.9 Å². The molecule has 32 heavy (non-hydrogen) atoms. The van der Waals surface area contributed by atoms with Crippen LogP contribution in [0, 0.1) is 26.3 Å². The third-order valence-electron chi connectivity index (χ3n) is 4.70. The summed E-state index contributed by atoms with van der Waals surface area (Å²) in [6, 6.07) is 5.29. The molecule has 0 fully saturated rings. The topological polar surface area (TPSA) is 108 Å². The van der Waals surface area contributed by atoms with E-state index in [-0.39, 0.29) is 0 Å². The van der Waals surface area contributed by atoms with Gasteiger partial charge in [0.15, 0.2) is 0 Å². The first kappa shape index (κ1) is 27.0. The fraction of sp³-hybridized carbons (Fsp3) is 0.542. The van der Waals surface area contributed by atoms with Gasteiger partial charge in [0.1, 0.15) is 17.7 Å². The van der Waals surface area contributed by atoms with Crippen molar-refractivity contribution in [3.05, 3.63) is 34.9 Å². The number of terminal acetylenes is 1. The first-order valence-electron chi connectivity index (χ1n) is 10.7. The number of benzene rings is 1. The second-order valence-electron chi connectivity index (χ2n) is 8.57. The highest BCUT2D eigenvalue weighted by Gasteiger charge is 2.36. The van der Waals surface area contributed by atoms with Crippen LogP contribution in [0.2, 0.25) is 0 Å². The minimum absolute atomic E-state index is 0.433. The van der Waals surface area contributed by atoms with Crippen LogP contribution in [0.15, 0.2) is 18.2 Å². The van der Waals surface area contributed by atoms with Gasteiger partial charge in [0.05, 0.1) is 6.61 Å². The number of aliphatic hydroxyl groups is 1. The zero-order valence-electron chi connectivity index (χ0n) is 19.8. The van der Waals surface area contributed by atoms with Crippen LogP contribution < -0.4 is 10.6 Å². The van der Waals surface area contributed by atoms with Gasteiger partial charge in [-0.25, -0.2) is 4.79 Å². The Labute approximate surface area is 190 Å². The highest BCUT2D eigenvalue weighted by molar-refractivity contribution is 5.93. The van der Waals surface area contributed by atoms with Crippen LogP contribution in [0.5, 0.6) is 0 Å². The van der Waals surface area contributed by atoms with E-state index in [9.17, 15) is 19.5 Å². The van der Waals surface area contributed by atoms with Gasteiger partial charge in [-0.05, 0) is 57.7 Å². The lowest BCUT2D eigenvalue weighted by Gasteiger charge is -2.31. The van der Waals surface area contributed by atoms with Gasteiger partial charge in [0.25, 0.3) is 5.91 Å². The quantitative estimate of drug-likeness (QED) is 0.308. The van der Waals surface area contributed by atoms with Crippen LogP contribution >= 0.6 is 0 Å². The molecule has 8 nitrogen and oxygen atoms in total. The van der Waals surface area contributed by atoms with Crippen molar-refractivity contribution in [2.24, 2.45) is 0 Å². The van der Waals surface area contributed by atoms with Crippen molar-refractivity contribution in [3.63, 3.8) is 0 Å². The molecule has 8 heteroatoms. The second kappa shape index (κ2) is 12.1. The van der Waals surface area contributed by atoms with Crippen molar-refractivity contribution in [1.29, 1.82) is 0 Å². The number of unbranched alkanes of at least 4 members (excludes halogenated alkanes) is 1. The van der Waals surface area contributed by atoms with Gasteiger partial charge in [-0.3, -0.25) is 14.5 Å². The maximum absolute atomic E-state index is 13.3. The molecule has 0 radical (unpaired) electrons. The number of nitrogens with one attached hydrogen (secondary N) is 2. The maximum Gasteiger partial charge on any atom is 0.408 e. The number of ether oxygens (including phenoxy) is 1. The minimum Gasteiger partial charge on any atom is -0.444 e. The smallest absolute Gasteiger partial charge is 0.408 e. The number of amides is 3. The van der Waals surface area contributed by atoms with Crippen molar-refractivity contribution < 1.29 is 24.2 Å². The fourth-order valence-electron chi connectivity index (χ4n) is 3.19. The molecule has 2 atom stereocenters. The normalized spacial score (nSPS) is 12.8. The van der Waals surface area contributed by atoms with E-state index in [4.69, 9.17) is 11.2 Å². The van der Waals surface area contributed by atoms with Crippen molar-refractivity contribution >= 4 is 17.9 Å². The second-order valence-corrected chi connectivity index (χ2v) is 8.57. The monoisotopic (exact) mass is 445 g/mol. The molecule has 2 unspecified atom stereocenters. The van der Waals surface area contributed by atoms with Crippen LogP contribution in [0.3, 0.4) is 0 Å². The zero-order chi connectivity index (χ0) is 24.5. The van der Waals surface area contributed by atoms with Gasteiger partial charge in [-0.2, -0.15) is 0 Å². The molecule has 0 aliphatic heterocycles. The highest BCUT2D eigenvalue weighted by atomic mass is 16.6. The number of nitrogens with zero attached hydrogens (tertiary/aromatic N) is 1. The molecule has 0 aliphatic rings. The molecule has 1 aromatic rings. The number of carbonyl (C=O) groups excluding carboxylic acids is 3. The molecule has 1 rings (SSSR count). The Morgan fingerprint density at radius 2 is 1.81 bits per heavy atom. The lowest BCUT2D eigenvalue weighted by Crippen LogP contribution is -2.53. The molecule has 0 aliphatic carbocycles. The van der Waals surface area contributed by atoms with E-state index in [2.05, 4.69) is 16.7 Å². The summed E-state index contributed by atoms with van der Waals surface area (Å²) in [5.41, 5.74) is 1.38. The Morgan fingerprint density at radius 3 is 2.28 bits per heavy atom. The van der Waals surface area contributed by atoms with Gasteiger partial charge < -0.3 is 20.5 Å². The molecular weight excluding hydrogens is 410 g/mol. The summed E-state index contributed by atoms with van der Waals surface area (Å²) in [4.78, 5) is 39.5. The Hall–Kier alpha value is -3.05. The highest BCUT2D eigenvalue weighted by Crippen LogP contribution is 2.28. The van der Waals surface area contributed by atoms with E-state index in [1.54, 1.807) is 20.8 Å². The summed E-state index contributed by atoms with van der Waals surface area (Å²) in [5.74, 6) is -1.23. The number of alkyl carbamates (subject to hydrolysis) is 1. The van der Waals surface area contributed by atoms with Gasteiger partial charge >= 0.3 is 6.09 Å². The van der Waals surface area contributed by atoms with Crippen LogP contribution in [0.25, 0.3) is 0 Å². The van der Waals surface area contributed by atoms with E-state index in [0.29, 0.717) is 12.1 Å². The van der Waals surface area contributed by atoms with E-state index in [1.807, 2.05) is 39.0 Å². The molecule has 0 aromatic heterocycles. The first-order valence-corrected chi connectivity index (χ1v) is 10.7. The van der Waals surface area contributed by atoms with Crippen molar-refractivity contribution in [2.75, 3.05) is 13.2 Å². The molecule has 176 valence electrons. The Bertz CT molecular complexity index is 834.